The van der Waals surface area contributed by atoms with Crippen LogP contribution in [0.15, 0.2) is 54.7 Å². The highest BCUT2D eigenvalue weighted by Crippen LogP contribution is 2.23. The van der Waals surface area contributed by atoms with Gasteiger partial charge < -0.3 is 10.2 Å². The third kappa shape index (κ3) is 3.86. The van der Waals surface area contributed by atoms with E-state index in [0.29, 0.717) is 16.8 Å². The van der Waals surface area contributed by atoms with Crippen molar-refractivity contribution in [2.75, 3.05) is 11.9 Å². The Morgan fingerprint density at radius 2 is 1.93 bits per heavy atom. The largest absolute Gasteiger partial charge is 0.336 e. The van der Waals surface area contributed by atoms with Gasteiger partial charge in [-0.1, -0.05) is 18.2 Å². The van der Waals surface area contributed by atoms with E-state index >= 15 is 0 Å². The Bertz CT molecular complexity index is 1070. The zero-order valence-electron chi connectivity index (χ0n) is 16.8. The number of likely N-dealkylation sites (tertiary alicyclic amines) is 1. The van der Waals surface area contributed by atoms with Crippen molar-refractivity contribution in [3.05, 3.63) is 71.4 Å². The number of hydrogen-bond donors (Lipinski definition) is 1. The van der Waals surface area contributed by atoms with Gasteiger partial charge in [-0.05, 0) is 69.0 Å². The predicted molar refractivity (Wildman–Crippen MR) is 115 cm³/mol. The van der Waals surface area contributed by atoms with Crippen LogP contribution in [-0.4, -0.2) is 34.3 Å². The van der Waals surface area contributed by atoms with Crippen LogP contribution >= 0.6 is 0 Å². The number of rotatable bonds is 3. The molecule has 1 aliphatic heterocycles. The van der Waals surface area contributed by atoms with Crippen LogP contribution in [0.1, 0.15) is 52.5 Å². The van der Waals surface area contributed by atoms with Gasteiger partial charge in [-0.15, -0.1) is 0 Å². The third-order valence-electron chi connectivity index (χ3n) is 5.68. The molecule has 0 bridgehead atoms. The van der Waals surface area contributed by atoms with Gasteiger partial charge in [0, 0.05) is 35.4 Å². The van der Waals surface area contributed by atoms with E-state index in [9.17, 15) is 9.59 Å². The fourth-order valence-electron chi connectivity index (χ4n) is 3.99. The number of anilines is 1. The lowest BCUT2D eigenvalue weighted by Gasteiger charge is -2.33. The van der Waals surface area contributed by atoms with Crippen molar-refractivity contribution < 1.29 is 9.59 Å². The van der Waals surface area contributed by atoms with Crippen LogP contribution in [0.25, 0.3) is 10.9 Å². The molecular weight excluding hydrogens is 362 g/mol. The molecule has 1 saturated heterocycles. The van der Waals surface area contributed by atoms with Gasteiger partial charge >= 0.3 is 0 Å². The standard InChI is InChI=1S/C24H25N3O2/c1-16-15-18(24(29)27-14-6-5-7-17(27)2)10-11-21(16)26-23(28)20-12-13-25-22-9-4-3-8-19(20)22/h3-4,8-13,15,17H,5-7,14H2,1-2H3,(H,26,28). The molecule has 1 atom stereocenters. The molecule has 1 fully saturated rings. The molecule has 29 heavy (non-hydrogen) atoms. The molecule has 1 aromatic heterocycles. The molecule has 5 nitrogen and oxygen atoms in total. The lowest BCUT2D eigenvalue weighted by Crippen LogP contribution is -2.42. The van der Waals surface area contributed by atoms with Crippen molar-refractivity contribution in [1.29, 1.82) is 0 Å². The SMILES string of the molecule is Cc1cc(C(=O)N2CCCCC2C)ccc1NC(=O)c1ccnc2ccccc12. The average Bonchev–Trinajstić information content (AvgIpc) is 2.74. The van der Waals surface area contributed by atoms with Crippen LogP contribution in [0.3, 0.4) is 0 Å². The Kier molecular flexibility index (Phi) is 5.30. The van der Waals surface area contributed by atoms with Crippen molar-refractivity contribution in [2.45, 2.75) is 39.2 Å². The Morgan fingerprint density at radius 1 is 1.10 bits per heavy atom. The molecule has 2 heterocycles. The second kappa shape index (κ2) is 8.03. The maximum Gasteiger partial charge on any atom is 0.256 e. The summed E-state index contributed by atoms with van der Waals surface area (Å²) >= 11 is 0. The fourth-order valence-corrected chi connectivity index (χ4v) is 3.99. The third-order valence-corrected chi connectivity index (χ3v) is 5.68. The Balaban J connectivity index is 1.55. The lowest BCUT2D eigenvalue weighted by molar-refractivity contribution is 0.0635. The van der Waals surface area contributed by atoms with Crippen molar-refractivity contribution in [2.24, 2.45) is 0 Å². The molecule has 0 radical (unpaired) electrons. The van der Waals surface area contributed by atoms with E-state index in [2.05, 4.69) is 17.2 Å². The molecule has 0 aliphatic carbocycles. The first-order valence-corrected chi connectivity index (χ1v) is 10.1. The van der Waals surface area contributed by atoms with Crippen LogP contribution in [0.5, 0.6) is 0 Å². The number of benzene rings is 2. The predicted octanol–water partition coefficient (Wildman–Crippen LogP) is 4.81. The summed E-state index contributed by atoms with van der Waals surface area (Å²) in [5.41, 5.74) is 3.61. The number of piperidine rings is 1. The van der Waals surface area contributed by atoms with Crippen molar-refractivity contribution >= 4 is 28.4 Å². The quantitative estimate of drug-likeness (QED) is 0.701. The minimum atomic E-state index is -0.185. The van der Waals surface area contributed by atoms with E-state index < -0.39 is 0 Å². The first kappa shape index (κ1) is 19.1. The molecule has 2 amide bonds. The number of fused-ring (bicyclic) bond motifs is 1. The van der Waals surface area contributed by atoms with Gasteiger partial charge in [0.05, 0.1) is 11.1 Å². The van der Waals surface area contributed by atoms with Gasteiger partial charge in [0.1, 0.15) is 0 Å². The van der Waals surface area contributed by atoms with Gasteiger partial charge in [-0.2, -0.15) is 0 Å². The summed E-state index contributed by atoms with van der Waals surface area (Å²) in [7, 11) is 0. The lowest BCUT2D eigenvalue weighted by atomic mass is 10.0. The number of amides is 2. The second-order valence-corrected chi connectivity index (χ2v) is 7.70. The van der Waals surface area contributed by atoms with Gasteiger partial charge in [-0.3, -0.25) is 14.6 Å². The van der Waals surface area contributed by atoms with Crippen LogP contribution < -0.4 is 5.32 Å². The fraction of sp³-hybridized carbons (Fsp3) is 0.292. The van der Waals surface area contributed by atoms with Crippen molar-refractivity contribution in [3.8, 4) is 0 Å². The maximum absolute atomic E-state index is 12.9. The molecule has 0 spiro atoms. The highest BCUT2D eigenvalue weighted by Gasteiger charge is 2.24. The van der Waals surface area contributed by atoms with Gasteiger partial charge in [0.25, 0.3) is 11.8 Å². The number of carbonyl (C=O) groups is 2. The Hall–Kier alpha value is -3.21. The minimum absolute atomic E-state index is 0.0679. The van der Waals surface area contributed by atoms with Gasteiger partial charge in [-0.25, -0.2) is 0 Å². The number of para-hydroxylation sites is 1. The molecule has 148 valence electrons. The Labute approximate surface area is 170 Å². The smallest absolute Gasteiger partial charge is 0.256 e. The van der Waals surface area contributed by atoms with Gasteiger partial charge in [0.2, 0.25) is 0 Å². The molecule has 3 aromatic rings. The van der Waals surface area contributed by atoms with E-state index in [1.165, 1.54) is 6.42 Å². The molecule has 4 rings (SSSR count). The van der Waals surface area contributed by atoms with E-state index in [4.69, 9.17) is 0 Å². The van der Waals surface area contributed by atoms with Gasteiger partial charge in [0.15, 0.2) is 0 Å². The molecule has 0 saturated carbocycles. The number of aryl methyl sites for hydroxylation is 1. The highest BCUT2D eigenvalue weighted by atomic mass is 16.2. The normalized spacial score (nSPS) is 16.6. The van der Waals surface area contributed by atoms with Crippen LogP contribution in [0.2, 0.25) is 0 Å². The number of aromatic nitrogens is 1. The minimum Gasteiger partial charge on any atom is -0.336 e. The van der Waals surface area contributed by atoms with Crippen molar-refractivity contribution in [3.63, 3.8) is 0 Å². The molecule has 1 aliphatic rings. The second-order valence-electron chi connectivity index (χ2n) is 7.70. The highest BCUT2D eigenvalue weighted by molar-refractivity contribution is 6.12. The maximum atomic E-state index is 12.9. The average molecular weight is 387 g/mol. The molecular formula is C24H25N3O2. The number of carbonyl (C=O) groups excluding carboxylic acids is 2. The van der Waals surface area contributed by atoms with E-state index in [1.54, 1.807) is 18.3 Å². The summed E-state index contributed by atoms with van der Waals surface area (Å²) in [6.07, 6.45) is 4.94. The van der Waals surface area contributed by atoms with Crippen LogP contribution in [0, 0.1) is 6.92 Å². The van der Waals surface area contributed by atoms with E-state index in [-0.39, 0.29) is 17.9 Å². The number of nitrogens with zero attached hydrogens (tertiary/aromatic N) is 2. The first-order chi connectivity index (χ1) is 14.0. The number of nitrogens with one attached hydrogen (secondary N) is 1. The topological polar surface area (TPSA) is 62.3 Å². The number of pyridine rings is 1. The summed E-state index contributed by atoms with van der Waals surface area (Å²) in [6.45, 7) is 4.83. The molecule has 2 aromatic carbocycles. The summed E-state index contributed by atoms with van der Waals surface area (Å²) in [5, 5.41) is 3.80. The first-order valence-electron chi connectivity index (χ1n) is 10.1. The van der Waals surface area contributed by atoms with Crippen LogP contribution in [-0.2, 0) is 0 Å². The summed E-state index contributed by atoms with van der Waals surface area (Å²) in [4.78, 5) is 32.0. The van der Waals surface area contributed by atoms with E-state index in [0.717, 1.165) is 35.9 Å². The summed E-state index contributed by atoms with van der Waals surface area (Å²) in [6, 6.07) is 15.1. The monoisotopic (exact) mass is 387 g/mol. The summed E-state index contributed by atoms with van der Waals surface area (Å²) < 4.78 is 0. The number of hydrogen-bond acceptors (Lipinski definition) is 3. The zero-order chi connectivity index (χ0) is 20.4. The van der Waals surface area contributed by atoms with E-state index in [1.807, 2.05) is 48.2 Å². The molecule has 1 unspecified atom stereocenters. The molecule has 1 N–H and O–H groups in total. The summed E-state index contributed by atoms with van der Waals surface area (Å²) in [5.74, 6) is -0.117. The molecule has 5 heteroatoms. The Morgan fingerprint density at radius 3 is 2.72 bits per heavy atom. The van der Waals surface area contributed by atoms with Crippen LogP contribution in [0.4, 0.5) is 5.69 Å². The van der Waals surface area contributed by atoms with Crippen molar-refractivity contribution in [1.82, 2.24) is 9.88 Å². The zero-order valence-corrected chi connectivity index (χ0v) is 16.8.